The van der Waals surface area contributed by atoms with Gasteiger partial charge in [0.05, 0.1) is 22.4 Å². The maximum Gasteiger partial charge on any atom is 0.255 e. The van der Waals surface area contributed by atoms with Gasteiger partial charge in [0.15, 0.2) is 0 Å². The summed E-state index contributed by atoms with van der Waals surface area (Å²) in [6, 6.07) is 17.7. The van der Waals surface area contributed by atoms with E-state index in [2.05, 4.69) is 30.6 Å². The minimum atomic E-state index is -0.321. The van der Waals surface area contributed by atoms with Gasteiger partial charge in [-0.05, 0) is 56.3 Å². The lowest BCUT2D eigenvalue weighted by molar-refractivity contribution is 0.102. The average molecular weight is 424 g/mol. The molecule has 2 amide bonds. The molecule has 0 radical (unpaired) electrons. The first-order chi connectivity index (χ1) is 15.5. The zero-order valence-electron chi connectivity index (χ0n) is 17.5. The SMILES string of the molecule is Cc1nc2c(NC(=O)c3cccc(C(=O)Nc4cccc5[nH]c(C)nc45)c3)cccc2[nH]1. The van der Waals surface area contributed by atoms with Crippen molar-refractivity contribution in [1.29, 1.82) is 0 Å². The fourth-order valence-corrected chi connectivity index (χ4v) is 3.70. The van der Waals surface area contributed by atoms with Gasteiger partial charge in [-0.3, -0.25) is 9.59 Å². The third-order valence-electron chi connectivity index (χ3n) is 5.15. The van der Waals surface area contributed by atoms with Crippen LogP contribution in [-0.4, -0.2) is 31.8 Å². The largest absolute Gasteiger partial charge is 0.342 e. The van der Waals surface area contributed by atoms with Gasteiger partial charge in [0.2, 0.25) is 0 Å². The Morgan fingerprint density at radius 2 is 1.12 bits per heavy atom. The first kappa shape index (κ1) is 19.5. The van der Waals surface area contributed by atoms with E-state index in [1.165, 1.54) is 0 Å². The molecule has 3 aromatic carbocycles. The molecule has 0 bridgehead atoms. The lowest BCUT2D eigenvalue weighted by Crippen LogP contribution is -2.16. The molecule has 0 saturated heterocycles. The van der Waals surface area contributed by atoms with Gasteiger partial charge in [0.25, 0.3) is 11.8 Å². The van der Waals surface area contributed by atoms with Crippen LogP contribution >= 0.6 is 0 Å². The van der Waals surface area contributed by atoms with Gasteiger partial charge < -0.3 is 20.6 Å². The third kappa shape index (κ3) is 3.58. The summed E-state index contributed by atoms with van der Waals surface area (Å²) in [7, 11) is 0. The molecule has 0 spiro atoms. The molecule has 0 aliphatic carbocycles. The number of hydrogen-bond donors (Lipinski definition) is 4. The highest BCUT2D eigenvalue weighted by Crippen LogP contribution is 2.23. The van der Waals surface area contributed by atoms with Crippen molar-refractivity contribution in [3.05, 3.63) is 83.4 Å². The van der Waals surface area contributed by atoms with Crippen molar-refractivity contribution in [2.75, 3.05) is 10.6 Å². The van der Waals surface area contributed by atoms with Crippen LogP contribution in [0.15, 0.2) is 60.7 Å². The molecule has 0 aliphatic heterocycles. The molecule has 5 aromatic rings. The number of aryl methyl sites for hydroxylation is 2. The molecule has 8 nitrogen and oxygen atoms in total. The van der Waals surface area contributed by atoms with Crippen molar-refractivity contribution in [3.8, 4) is 0 Å². The third-order valence-corrected chi connectivity index (χ3v) is 5.15. The van der Waals surface area contributed by atoms with E-state index in [1.807, 2.05) is 38.1 Å². The number of aromatic nitrogens is 4. The number of aromatic amines is 2. The first-order valence-electron chi connectivity index (χ1n) is 10.1. The van der Waals surface area contributed by atoms with Crippen molar-refractivity contribution in [1.82, 2.24) is 19.9 Å². The summed E-state index contributed by atoms with van der Waals surface area (Å²) in [6.07, 6.45) is 0. The molecule has 8 heteroatoms. The van der Waals surface area contributed by atoms with E-state index in [4.69, 9.17) is 0 Å². The minimum absolute atomic E-state index is 0.321. The highest BCUT2D eigenvalue weighted by molar-refractivity contribution is 6.11. The standard InChI is InChI=1S/C24H20N6O2/c1-13-25-17-8-4-10-19(21(17)27-13)29-23(31)15-6-3-7-16(12-15)24(32)30-20-11-5-9-18-22(20)28-14(2)26-18/h3-12H,1-2H3,(H,25,27)(H,26,28)(H,29,31)(H,30,32). The molecule has 0 fully saturated rings. The number of anilines is 2. The smallest absolute Gasteiger partial charge is 0.255 e. The Bertz CT molecular complexity index is 1390. The van der Waals surface area contributed by atoms with E-state index in [9.17, 15) is 9.59 Å². The summed E-state index contributed by atoms with van der Waals surface area (Å²) in [5.41, 5.74) is 5.02. The Hall–Kier alpha value is -4.46. The normalized spacial score (nSPS) is 11.1. The molecule has 32 heavy (non-hydrogen) atoms. The monoisotopic (exact) mass is 424 g/mol. The van der Waals surface area contributed by atoms with Crippen molar-refractivity contribution < 1.29 is 9.59 Å². The molecule has 2 aromatic heterocycles. The number of fused-ring (bicyclic) bond motifs is 2. The Balaban J connectivity index is 1.38. The number of hydrogen-bond acceptors (Lipinski definition) is 4. The summed E-state index contributed by atoms with van der Waals surface area (Å²) >= 11 is 0. The molecular formula is C24H20N6O2. The number of imidazole rings is 2. The van der Waals surface area contributed by atoms with E-state index in [0.717, 1.165) is 22.7 Å². The summed E-state index contributed by atoms with van der Waals surface area (Å²) in [5, 5.41) is 5.78. The quantitative estimate of drug-likeness (QED) is 0.338. The lowest BCUT2D eigenvalue weighted by atomic mass is 10.1. The number of nitrogens with one attached hydrogen (secondary N) is 4. The number of carbonyl (C=O) groups excluding carboxylic acids is 2. The van der Waals surface area contributed by atoms with Crippen molar-refractivity contribution >= 4 is 45.3 Å². The summed E-state index contributed by atoms with van der Waals surface area (Å²) < 4.78 is 0. The summed E-state index contributed by atoms with van der Waals surface area (Å²) in [4.78, 5) is 40.9. The molecule has 0 aliphatic rings. The Kier molecular flexibility index (Phi) is 4.67. The van der Waals surface area contributed by atoms with Crippen LogP contribution in [0.2, 0.25) is 0 Å². The molecule has 5 rings (SSSR count). The Labute approximate surface area is 183 Å². The molecule has 4 N–H and O–H groups in total. The van der Waals surface area contributed by atoms with Crippen LogP contribution in [0.25, 0.3) is 22.1 Å². The molecule has 158 valence electrons. The Morgan fingerprint density at radius 1 is 0.688 bits per heavy atom. The van der Waals surface area contributed by atoms with Crippen molar-refractivity contribution in [3.63, 3.8) is 0 Å². The second-order valence-corrected chi connectivity index (χ2v) is 7.54. The molecular weight excluding hydrogens is 404 g/mol. The van der Waals surface area contributed by atoms with Crippen molar-refractivity contribution in [2.45, 2.75) is 13.8 Å². The van der Waals surface area contributed by atoms with Gasteiger partial charge in [0.1, 0.15) is 22.7 Å². The fraction of sp³-hybridized carbons (Fsp3) is 0.0833. The maximum absolute atomic E-state index is 12.9. The van der Waals surface area contributed by atoms with E-state index in [0.29, 0.717) is 33.5 Å². The van der Waals surface area contributed by atoms with Crippen LogP contribution in [0.3, 0.4) is 0 Å². The first-order valence-corrected chi connectivity index (χ1v) is 10.1. The van der Waals surface area contributed by atoms with Gasteiger partial charge in [-0.1, -0.05) is 18.2 Å². The maximum atomic E-state index is 12.9. The highest BCUT2D eigenvalue weighted by Gasteiger charge is 2.15. The number of H-pyrrole nitrogens is 2. The predicted molar refractivity (Wildman–Crippen MR) is 124 cm³/mol. The summed E-state index contributed by atoms with van der Waals surface area (Å²) in [5.74, 6) is 0.889. The van der Waals surface area contributed by atoms with E-state index in [-0.39, 0.29) is 11.8 Å². The second kappa shape index (κ2) is 7.66. The minimum Gasteiger partial charge on any atom is -0.342 e. The fourth-order valence-electron chi connectivity index (χ4n) is 3.70. The van der Waals surface area contributed by atoms with Gasteiger partial charge in [0, 0.05) is 11.1 Å². The zero-order chi connectivity index (χ0) is 22.2. The van der Waals surface area contributed by atoms with Crippen LogP contribution in [0.5, 0.6) is 0 Å². The van der Waals surface area contributed by atoms with Crippen LogP contribution in [0, 0.1) is 13.8 Å². The van der Waals surface area contributed by atoms with Crippen LogP contribution in [0.1, 0.15) is 32.4 Å². The number of carbonyl (C=O) groups is 2. The Morgan fingerprint density at radius 3 is 1.59 bits per heavy atom. The molecule has 0 unspecified atom stereocenters. The summed E-state index contributed by atoms with van der Waals surface area (Å²) in [6.45, 7) is 3.72. The number of rotatable bonds is 4. The molecule has 0 atom stereocenters. The van der Waals surface area contributed by atoms with Crippen LogP contribution in [-0.2, 0) is 0 Å². The van der Waals surface area contributed by atoms with Gasteiger partial charge in [-0.25, -0.2) is 9.97 Å². The molecule has 2 heterocycles. The number of para-hydroxylation sites is 2. The zero-order valence-corrected chi connectivity index (χ0v) is 17.5. The van der Waals surface area contributed by atoms with Gasteiger partial charge in [-0.15, -0.1) is 0 Å². The molecule has 0 saturated carbocycles. The second-order valence-electron chi connectivity index (χ2n) is 7.54. The number of nitrogens with zero attached hydrogens (tertiary/aromatic N) is 2. The average Bonchev–Trinajstić information content (AvgIpc) is 3.36. The van der Waals surface area contributed by atoms with Gasteiger partial charge in [-0.2, -0.15) is 0 Å². The van der Waals surface area contributed by atoms with Gasteiger partial charge >= 0.3 is 0 Å². The lowest BCUT2D eigenvalue weighted by Gasteiger charge is -2.09. The van der Waals surface area contributed by atoms with E-state index in [1.54, 1.807) is 36.4 Å². The van der Waals surface area contributed by atoms with E-state index >= 15 is 0 Å². The van der Waals surface area contributed by atoms with E-state index < -0.39 is 0 Å². The van der Waals surface area contributed by atoms with Crippen LogP contribution < -0.4 is 10.6 Å². The van der Waals surface area contributed by atoms with Crippen LogP contribution in [0.4, 0.5) is 11.4 Å². The highest BCUT2D eigenvalue weighted by atomic mass is 16.2. The topological polar surface area (TPSA) is 116 Å². The predicted octanol–water partition coefficient (Wildman–Crippen LogP) is 4.56. The number of amides is 2. The van der Waals surface area contributed by atoms with Crippen molar-refractivity contribution in [2.24, 2.45) is 0 Å². The number of benzene rings is 3.